The molecule has 1 saturated carbocycles. The van der Waals surface area contributed by atoms with Crippen molar-refractivity contribution in [2.75, 3.05) is 13.1 Å². The van der Waals surface area contributed by atoms with Gasteiger partial charge in [0.2, 0.25) is 5.91 Å². The van der Waals surface area contributed by atoms with Crippen molar-refractivity contribution < 1.29 is 9.90 Å². The van der Waals surface area contributed by atoms with Gasteiger partial charge in [0.05, 0.1) is 29.4 Å². The fourth-order valence-corrected chi connectivity index (χ4v) is 3.74. The Balaban J connectivity index is 1.47. The Morgan fingerprint density at radius 2 is 2.00 bits per heavy atom. The van der Waals surface area contributed by atoms with Gasteiger partial charge in [-0.15, -0.1) is 0 Å². The van der Waals surface area contributed by atoms with E-state index in [9.17, 15) is 14.7 Å². The van der Waals surface area contributed by atoms with Gasteiger partial charge in [0.25, 0.3) is 5.56 Å². The molecule has 25 heavy (non-hydrogen) atoms. The van der Waals surface area contributed by atoms with Crippen molar-refractivity contribution >= 4 is 16.8 Å². The third-order valence-corrected chi connectivity index (χ3v) is 5.63. The van der Waals surface area contributed by atoms with E-state index >= 15 is 0 Å². The fourth-order valence-electron chi connectivity index (χ4n) is 3.74. The van der Waals surface area contributed by atoms with Crippen LogP contribution in [0.15, 0.2) is 35.4 Å². The van der Waals surface area contributed by atoms with Gasteiger partial charge in [-0.1, -0.05) is 19.1 Å². The molecule has 132 valence electrons. The minimum Gasteiger partial charge on any atom is -0.388 e. The smallest absolute Gasteiger partial charge is 0.261 e. The quantitative estimate of drug-likeness (QED) is 0.916. The highest BCUT2D eigenvalue weighted by Gasteiger charge is 2.43. The minimum absolute atomic E-state index is 0.135. The molecular formula is C19H23N3O3. The number of amides is 1. The van der Waals surface area contributed by atoms with E-state index in [4.69, 9.17) is 0 Å². The molecule has 1 aliphatic carbocycles. The van der Waals surface area contributed by atoms with Crippen LogP contribution in [0, 0.1) is 11.8 Å². The maximum Gasteiger partial charge on any atom is 0.261 e. The minimum atomic E-state index is -0.972. The maximum absolute atomic E-state index is 12.6. The second kappa shape index (κ2) is 5.95. The van der Waals surface area contributed by atoms with Crippen LogP contribution in [-0.4, -0.2) is 44.2 Å². The summed E-state index contributed by atoms with van der Waals surface area (Å²) < 4.78 is 1.49. The molecule has 0 spiro atoms. The van der Waals surface area contributed by atoms with Crippen molar-refractivity contribution in [2.24, 2.45) is 11.8 Å². The predicted molar refractivity (Wildman–Crippen MR) is 94.0 cm³/mol. The summed E-state index contributed by atoms with van der Waals surface area (Å²) >= 11 is 0. The van der Waals surface area contributed by atoms with E-state index in [0.29, 0.717) is 42.8 Å². The predicted octanol–water partition coefficient (Wildman–Crippen LogP) is 1.41. The highest BCUT2D eigenvalue weighted by atomic mass is 16.3. The van der Waals surface area contributed by atoms with Crippen molar-refractivity contribution in [1.82, 2.24) is 14.5 Å². The zero-order valence-corrected chi connectivity index (χ0v) is 14.4. The average molecular weight is 341 g/mol. The summed E-state index contributed by atoms with van der Waals surface area (Å²) in [5, 5.41) is 11.5. The Labute approximate surface area is 146 Å². The lowest BCUT2D eigenvalue weighted by molar-refractivity contribution is -0.137. The number of hydrogen-bond acceptors (Lipinski definition) is 4. The molecule has 2 fully saturated rings. The number of hydrogen-bond donors (Lipinski definition) is 1. The largest absolute Gasteiger partial charge is 0.388 e. The van der Waals surface area contributed by atoms with Crippen molar-refractivity contribution in [2.45, 2.75) is 38.3 Å². The number of carbonyl (C=O) groups is 1. The first-order valence-electron chi connectivity index (χ1n) is 8.92. The van der Waals surface area contributed by atoms with Gasteiger partial charge in [0.1, 0.15) is 0 Å². The average Bonchev–Trinajstić information content (AvgIpc) is 3.34. The number of likely N-dealkylation sites (tertiary alicyclic amines) is 1. The molecule has 1 aromatic carbocycles. The number of para-hydroxylation sites is 1. The maximum atomic E-state index is 12.6. The van der Waals surface area contributed by atoms with Crippen LogP contribution in [0.25, 0.3) is 10.9 Å². The first kappa shape index (κ1) is 16.3. The van der Waals surface area contributed by atoms with Crippen molar-refractivity contribution in [3.8, 4) is 0 Å². The van der Waals surface area contributed by atoms with Crippen molar-refractivity contribution in [3.05, 3.63) is 40.9 Å². The molecule has 2 atom stereocenters. The van der Waals surface area contributed by atoms with E-state index in [-0.39, 0.29) is 23.9 Å². The molecule has 1 N–H and O–H groups in total. The number of piperidine rings is 1. The molecule has 1 amide bonds. The van der Waals surface area contributed by atoms with Crippen LogP contribution in [0.5, 0.6) is 0 Å². The fraction of sp³-hybridized carbons (Fsp3) is 0.526. The van der Waals surface area contributed by atoms with E-state index in [2.05, 4.69) is 11.9 Å². The van der Waals surface area contributed by atoms with Crippen LogP contribution in [0.2, 0.25) is 0 Å². The normalized spacial score (nSPS) is 25.1. The van der Waals surface area contributed by atoms with Gasteiger partial charge < -0.3 is 10.0 Å². The molecule has 2 unspecified atom stereocenters. The third kappa shape index (κ3) is 3.06. The lowest BCUT2D eigenvalue weighted by atomic mass is 9.91. The van der Waals surface area contributed by atoms with Gasteiger partial charge in [-0.2, -0.15) is 0 Å². The monoisotopic (exact) mass is 341 g/mol. The number of fused-ring (bicyclic) bond motifs is 1. The molecule has 0 bridgehead atoms. The van der Waals surface area contributed by atoms with Crippen molar-refractivity contribution in [3.63, 3.8) is 0 Å². The zero-order chi connectivity index (χ0) is 17.6. The molecule has 1 aromatic heterocycles. The van der Waals surface area contributed by atoms with E-state index in [1.165, 1.54) is 10.9 Å². The van der Waals surface area contributed by atoms with Crippen LogP contribution in [0.4, 0.5) is 0 Å². The van der Waals surface area contributed by atoms with E-state index < -0.39 is 5.60 Å². The topological polar surface area (TPSA) is 75.4 Å². The summed E-state index contributed by atoms with van der Waals surface area (Å²) in [5.74, 6) is 0.896. The second-order valence-electron chi connectivity index (χ2n) is 7.56. The number of aromatic nitrogens is 2. The molecular weight excluding hydrogens is 318 g/mol. The molecule has 2 aliphatic rings. The summed E-state index contributed by atoms with van der Waals surface area (Å²) in [7, 11) is 0. The molecule has 6 heteroatoms. The van der Waals surface area contributed by atoms with E-state index in [0.717, 1.165) is 6.42 Å². The molecule has 2 aromatic rings. The molecule has 4 rings (SSSR count). The van der Waals surface area contributed by atoms with Crippen molar-refractivity contribution in [1.29, 1.82) is 0 Å². The number of benzene rings is 1. The Morgan fingerprint density at radius 1 is 1.32 bits per heavy atom. The summed E-state index contributed by atoms with van der Waals surface area (Å²) in [4.78, 5) is 31.1. The first-order valence-corrected chi connectivity index (χ1v) is 8.92. The summed E-state index contributed by atoms with van der Waals surface area (Å²) in [6.07, 6.45) is 3.46. The van der Waals surface area contributed by atoms with Gasteiger partial charge in [-0.25, -0.2) is 4.98 Å². The Hall–Kier alpha value is -2.21. The van der Waals surface area contributed by atoms with E-state index in [1.54, 1.807) is 12.1 Å². The van der Waals surface area contributed by atoms with Crippen LogP contribution in [0.1, 0.15) is 26.2 Å². The Bertz CT molecular complexity index is 868. The summed E-state index contributed by atoms with van der Waals surface area (Å²) in [6, 6.07) is 7.22. The second-order valence-corrected chi connectivity index (χ2v) is 7.56. The van der Waals surface area contributed by atoms with E-state index in [1.807, 2.05) is 17.0 Å². The molecule has 0 radical (unpaired) electrons. The number of carbonyl (C=O) groups excluding carboxylic acids is 1. The lowest BCUT2D eigenvalue weighted by Crippen LogP contribution is -2.50. The lowest BCUT2D eigenvalue weighted by Gasteiger charge is -2.38. The van der Waals surface area contributed by atoms with Crippen LogP contribution < -0.4 is 5.56 Å². The number of nitrogens with zero attached hydrogens (tertiary/aromatic N) is 3. The standard InChI is InChI=1S/C19H23N3O3/c1-13-10-15(13)18(24)21-8-6-19(25,7-9-21)11-22-12-20-16-5-3-2-4-14(16)17(22)23/h2-5,12-13,15,25H,6-11H2,1H3. The number of rotatable bonds is 3. The Kier molecular flexibility index (Phi) is 3.87. The number of aliphatic hydroxyl groups is 1. The molecule has 1 saturated heterocycles. The van der Waals surface area contributed by atoms with Gasteiger partial charge in [-0.05, 0) is 37.3 Å². The van der Waals surface area contributed by atoms with Gasteiger partial charge >= 0.3 is 0 Å². The SMILES string of the molecule is CC1CC1C(=O)N1CCC(O)(Cn2cnc3ccccc3c2=O)CC1. The summed E-state index contributed by atoms with van der Waals surface area (Å²) in [6.45, 7) is 3.41. The first-order chi connectivity index (χ1) is 12.0. The van der Waals surface area contributed by atoms with Gasteiger partial charge in [-0.3, -0.25) is 14.2 Å². The third-order valence-electron chi connectivity index (χ3n) is 5.63. The van der Waals surface area contributed by atoms with Crippen LogP contribution in [0.3, 0.4) is 0 Å². The zero-order valence-electron chi connectivity index (χ0n) is 14.4. The molecule has 6 nitrogen and oxygen atoms in total. The highest BCUT2D eigenvalue weighted by molar-refractivity contribution is 5.81. The Morgan fingerprint density at radius 3 is 2.68 bits per heavy atom. The highest BCUT2D eigenvalue weighted by Crippen LogP contribution is 2.40. The summed E-state index contributed by atoms with van der Waals surface area (Å²) in [5.41, 5.74) is -0.445. The van der Waals surface area contributed by atoms with Crippen LogP contribution >= 0.6 is 0 Å². The molecule has 2 heterocycles. The van der Waals surface area contributed by atoms with Gasteiger partial charge in [0.15, 0.2) is 0 Å². The van der Waals surface area contributed by atoms with Crippen LogP contribution in [-0.2, 0) is 11.3 Å². The van der Waals surface area contributed by atoms with Gasteiger partial charge in [0, 0.05) is 19.0 Å². The molecule has 1 aliphatic heterocycles.